The van der Waals surface area contributed by atoms with Crippen molar-refractivity contribution in [1.29, 1.82) is 5.26 Å². The lowest BCUT2D eigenvalue weighted by molar-refractivity contribution is -0.0847. The van der Waals surface area contributed by atoms with E-state index < -0.39 is 25.8 Å². The summed E-state index contributed by atoms with van der Waals surface area (Å²) < 4.78 is 12.2. The lowest BCUT2D eigenvalue weighted by Crippen LogP contribution is -2.54. The molecule has 1 heterocycles. The van der Waals surface area contributed by atoms with Gasteiger partial charge in [0.25, 0.3) is 0 Å². The number of hydrogen-bond acceptors (Lipinski definition) is 4. The van der Waals surface area contributed by atoms with E-state index in [9.17, 15) is 10.1 Å². The number of nitrogens with zero attached hydrogens (tertiary/aromatic N) is 2. The molecule has 26 heavy (non-hydrogen) atoms. The minimum absolute atomic E-state index is 0.0424. The van der Waals surface area contributed by atoms with E-state index >= 15 is 0 Å². The van der Waals surface area contributed by atoms with Gasteiger partial charge in [-0.1, -0.05) is 20.8 Å². The van der Waals surface area contributed by atoms with Gasteiger partial charge in [-0.25, -0.2) is 4.79 Å². The monoisotopic (exact) mass is 382 g/mol. The normalized spacial score (nSPS) is 24.7. The van der Waals surface area contributed by atoms with Gasteiger partial charge in [0.15, 0.2) is 9.04 Å². The molecule has 0 bridgehead atoms. The van der Waals surface area contributed by atoms with Crippen LogP contribution in [0.15, 0.2) is 0 Å². The van der Waals surface area contributed by atoms with Gasteiger partial charge in [0, 0.05) is 13.0 Å². The van der Waals surface area contributed by atoms with Gasteiger partial charge in [0.05, 0.1) is 11.5 Å². The molecule has 1 aliphatic rings. The number of carbonyl (C=O) groups is 1. The standard InChI is InChI=1S/C20H38N2O3Si/c1-17(2,3)15-11-20(25-26(9)10,13-19(7,8)14-21)22(12-15)16(23)24-18(4,5)6/h15,26H,11-13H2,1-10H3/t15-,20+/m0/s1. The maximum atomic E-state index is 13.1. The summed E-state index contributed by atoms with van der Waals surface area (Å²) in [5.74, 6) is 0.289. The predicted octanol–water partition coefficient (Wildman–Crippen LogP) is 4.93. The van der Waals surface area contributed by atoms with Crippen LogP contribution in [0.25, 0.3) is 0 Å². The van der Waals surface area contributed by atoms with Crippen LogP contribution in [0, 0.1) is 28.1 Å². The molecule has 0 unspecified atom stereocenters. The zero-order chi connectivity index (χ0) is 20.6. The molecule has 2 atom stereocenters. The van der Waals surface area contributed by atoms with Gasteiger partial charge in [0.2, 0.25) is 0 Å². The number of amides is 1. The van der Waals surface area contributed by atoms with Gasteiger partial charge in [0.1, 0.15) is 11.3 Å². The minimum Gasteiger partial charge on any atom is -0.444 e. The number of rotatable bonds is 4. The highest BCUT2D eigenvalue weighted by atomic mass is 28.3. The third kappa shape index (κ3) is 5.99. The van der Waals surface area contributed by atoms with E-state index in [1.165, 1.54) is 0 Å². The molecule has 1 aliphatic heterocycles. The Balaban J connectivity index is 3.36. The predicted molar refractivity (Wildman–Crippen MR) is 107 cm³/mol. The molecule has 150 valence electrons. The highest BCUT2D eigenvalue weighted by molar-refractivity contribution is 6.48. The summed E-state index contributed by atoms with van der Waals surface area (Å²) in [4.78, 5) is 14.8. The second-order valence-corrected chi connectivity index (χ2v) is 13.0. The first-order valence-corrected chi connectivity index (χ1v) is 12.4. The van der Waals surface area contributed by atoms with Crippen molar-refractivity contribution >= 4 is 15.1 Å². The molecule has 1 amide bonds. The summed E-state index contributed by atoms with van der Waals surface area (Å²) in [6.45, 7) is 20.9. The number of hydrogen-bond donors (Lipinski definition) is 0. The molecular weight excluding hydrogens is 344 g/mol. The van der Waals surface area contributed by atoms with Crippen molar-refractivity contribution in [2.45, 2.75) is 92.7 Å². The number of nitriles is 1. The zero-order valence-corrected chi connectivity index (χ0v) is 19.5. The summed E-state index contributed by atoms with van der Waals surface area (Å²) in [5.41, 5.74) is -1.88. The zero-order valence-electron chi connectivity index (χ0n) is 18.4. The van der Waals surface area contributed by atoms with Crippen LogP contribution >= 0.6 is 0 Å². The van der Waals surface area contributed by atoms with Gasteiger partial charge < -0.3 is 9.16 Å². The van der Waals surface area contributed by atoms with Crippen molar-refractivity contribution < 1.29 is 14.0 Å². The second-order valence-electron chi connectivity index (χ2n) is 10.6. The molecule has 0 aromatic rings. The first-order chi connectivity index (χ1) is 11.5. The third-order valence-corrected chi connectivity index (χ3v) is 5.68. The van der Waals surface area contributed by atoms with Gasteiger partial charge in [-0.15, -0.1) is 0 Å². The van der Waals surface area contributed by atoms with Crippen LogP contribution in [0.2, 0.25) is 13.1 Å². The first-order valence-electron chi connectivity index (χ1n) is 9.61. The second kappa shape index (κ2) is 7.51. The van der Waals surface area contributed by atoms with E-state index in [1.807, 2.05) is 34.6 Å². The Hall–Kier alpha value is -1.06. The molecule has 1 fully saturated rings. The SMILES string of the molecule is C[SiH](C)O[C@@]1(CC(C)(C)C#N)C[C@H](C(C)(C)C)CN1C(=O)OC(C)(C)C. The number of likely N-dealkylation sites (tertiary alicyclic amines) is 1. The average molecular weight is 383 g/mol. The molecule has 0 aromatic carbocycles. The molecule has 5 nitrogen and oxygen atoms in total. The van der Waals surface area contributed by atoms with Gasteiger partial charge in [-0.3, -0.25) is 4.90 Å². The summed E-state index contributed by atoms with van der Waals surface area (Å²) in [6, 6.07) is 2.38. The van der Waals surface area contributed by atoms with Crippen molar-refractivity contribution in [3.8, 4) is 6.07 Å². The molecule has 1 saturated heterocycles. The maximum Gasteiger partial charge on any atom is 0.412 e. The van der Waals surface area contributed by atoms with Crippen molar-refractivity contribution in [2.24, 2.45) is 16.7 Å². The van der Waals surface area contributed by atoms with E-state index in [2.05, 4.69) is 39.9 Å². The Morgan fingerprint density at radius 1 is 1.19 bits per heavy atom. The molecule has 0 spiro atoms. The largest absolute Gasteiger partial charge is 0.444 e. The third-order valence-electron chi connectivity index (χ3n) is 4.77. The van der Waals surface area contributed by atoms with Crippen molar-refractivity contribution in [3.63, 3.8) is 0 Å². The first kappa shape index (κ1) is 23.0. The fraction of sp³-hybridized carbons (Fsp3) is 0.900. The lowest BCUT2D eigenvalue weighted by Gasteiger charge is -2.43. The molecule has 1 rings (SSSR count). The number of ether oxygens (including phenoxy) is 1. The van der Waals surface area contributed by atoms with E-state index in [4.69, 9.17) is 9.16 Å². The summed E-state index contributed by atoms with van der Waals surface area (Å²) in [6.07, 6.45) is 0.896. The maximum absolute atomic E-state index is 13.1. The molecular formula is C20H38N2O3Si. The van der Waals surface area contributed by atoms with Crippen LogP contribution in [0.4, 0.5) is 4.79 Å². The van der Waals surface area contributed by atoms with Crippen molar-refractivity contribution in [3.05, 3.63) is 0 Å². The van der Waals surface area contributed by atoms with E-state index in [0.717, 1.165) is 6.42 Å². The lowest BCUT2D eigenvalue weighted by atomic mass is 9.76. The van der Waals surface area contributed by atoms with Crippen LogP contribution in [0.1, 0.15) is 68.2 Å². The van der Waals surface area contributed by atoms with Crippen LogP contribution < -0.4 is 0 Å². The van der Waals surface area contributed by atoms with Gasteiger partial charge >= 0.3 is 6.09 Å². The van der Waals surface area contributed by atoms with Gasteiger partial charge in [-0.2, -0.15) is 5.26 Å². The quantitative estimate of drug-likeness (QED) is 0.647. The molecule has 0 aromatic heterocycles. The van der Waals surface area contributed by atoms with E-state index in [-0.39, 0.29) is 17.4 Å². The Morgan fingerprint density at radius 2 is 1.73 bits per heavy atom. The molecule has 0 N–H and O–H groups in total. The van der Waals surface area contributed by atoms with Crippen molar-refractivity contribution in [1.82, 2.24) is 4.90 Å². The fourth-order valence-electron chi connectivity index (χ4n) is 3.57. The summed E-state index contributed by atoms with van der Waals surface area (Å²) in [5, 5.41) is 9.61. The average Bonchev–Trinajstić information content (AvgIpc) is 2.74. The van der Waals surface area contributed by atoms with Crippen LogP contribution in [-0.2, 0) is 9.16 Å². The summed E-state index contributed by atoms with van der Waals surface area (Å²) >= 11 is 0. The minimum atomic E-state index is -1.46. The Bertz CT molecular complexity index is 555. The highest BCUT2D eigenvalue weighted by Crippen LogP contribution is 2.48. The van der Waals surface area contributed by atoms with Crippen LogP contribution in [0.3, 0.4) is 0 Å². The Labute approximate surface area is 161 Å². The van der Waals surface area contributed by atoms with Crippen LogP contribution in [0.5, 0.6) is 0 Å². The number of carbonyl (C=O) groups excluding carboxylic acids is 1. The molecule has 0 aliphatic carbocycles. The van der Waals surface area contributed by atoms with Crippen LogP contribution in [-0.4, -0.2) is 37.9 Å². The Kier molecular flexibility index (Phi) is 6.64. The smallest absolute Gasteiger partial charge is 0.412 e. The highest BCUT2D eigenvalue weighted by Gasteiger charge is 2.54. The molecule has 6 heteroatoms. The van der Waals surface area contributed by atoms with Gasteiger partial charge in [-0.05, 0) is 65.5 Å². The Morgan fingerprint density at radius 3 is 2.12 bits per heavy atom. The van der Waals surface area contributed by atoms with E-state index in [0.29, 0.717) is 13.0 Å². The molecule has 0 radical (unpaired) electrons. The fourth-order valence-corrected chi connectivity index (χ4v) is 4.76. The van der Waals surface area contributed by atoms with E-state index in [1.54, 1.807) is 4.90 Å². The topological polar surface area (TPSA) is 62.6 Å². The molecule has 0 saturated carbocycles. The summed E-state index contributed by atoms with van der Waals surface area (Å²) in [7, 11) is -1.46. The van der Waals surface area contributed by atoms with Crippen molar-refractivity contribution in [2.75, 3.05) is 6.54 Å².